The number of anilines is 4. The molecule has 0 atom stereocenters. The fraction of sp³-hybridized carbons (Fsp3) is 0.0962. The average Bonchev–Trinajstić information content (AvgIpc) is 3.91. The summed E-state index contributed by atoms with van der Waals surface area (Å²) in [5, 5.41) is 2.34. The van der Waals surface area contributed by atoms with E-state index in [0.29, 0.717) is 12.6 Å². The van der Waals surface area contributed by atoms with Crippen LogP contribution in [-0.2, 0) is 26.5 Å². The Balaban J connectivity index is 0.00000396. The van der Waals surface area contributed by atoms with Crippen LogP contribution in [0.25, 0.3) is 38.8 Å². The number of rotatable bonds is 6. The second-order valence-electron chi connectivity index (χ2n) is 15.2. The van der Waals surface area contributed by atoms with E-state index in [-0.39, 0.29) is 21.1 Å². The molecule has 0 radical (unpaired) electrons. The molecular weight excluding hydrogens is 876 g/mol. The summed E-state index contributed by atoms with van der Waals surface area (Å²) < 4.78 is 2.31. The Morgan fingerprint density at radius 1 is 0.579 bits per heavy atom. The molecule has 0 bridgehead atoms. The summed E-state index contributed by atoms with van der Waals surface area (Å²) in [6, 6.07) is 69.6. The van der Waals surface area contributed by atoms with Gasteiger partial charge in [-0.2, -0.15) is 36.4 Å². The first-order chi connectivity index (χ1) is 27.6. The maximum Gasteiger partial charge on any atom is 2.00 e. The number of aromatic nitrogens is 2. The predicted octanol–water partition coefficient (Wildman–Crippen LogP) is 12.5. The molecule has 0 unspecified atom stereocenters. The van der Waals surface area contributed by atoms with Crippen molar-refractivity contribution in [3.05, 3.63) is 216 Å². The minimum Gasteiger partial charge on any atom is -0.345 e. The van der Waals surface area contributed by atoms with Crippen molar-refractivity contribution in [3.8, 4) is 16.9 Å². The molecule has 4 nitrogen and oxygen atoms in total. The van der Waals surface area contributed by atoms with Crippen molar-refractivity contribution >= 4 is 44.6 Å². The van der Waals surface area contributed by atoms with Crippen molar-refractivity contribution in [2.75, 3.05) is 16.5 Å². The number of hydrogen-bond acceptors (Lipinski definition) is 3. The van der Waals surface area contributed by atoms with Crippen molar-refractivity contribution < 1.29 is 21.1 Å². The van der Waals surface area contributed by atoms with Gasteiger partial charge >= 0.3 is 21.1 Å². The molecule has 9 aromatic rings. The molecular formula is C52H38N4Pt. The van der Waals surface area contributed by atoms with Gasteiger partial charge in [0.05, 0.1) is 18.0 Å². The normalized spacial score (nSPS) is 13.8. The summed E-state index contributed by atoms with van der Waals surface area (Å²) >= 11 is 0. The van der Waals surface area contributed by atoms with Crippen molar-refractivity contribution in [1.82, 2.24) is 9.55 Å². The van der Waals surface area contributed by atoms with E-state index in [0.717, 1.165) is 39.1 Å². The molecule has 2 aliphatic rings. The standard InChI is InChI=1S/C52H38N4.Pt/c1-35(2)36-29-30-53-51(31-36)56-47-24-11-8-21-43(47)44-28-27-38(33-50(44)56)52(45-22-9-6-19-41(45)42-20-7-10-23-46(42)52)37-15-14-18-40(32-37)55-34-54(39-16-4-3-5-17-39)48-25-12-13-26-49(48)55;/h3-31,35H,34H2,1-2H3;/q-2;+2. The molecule has 2 aromatic heterocycles. The molecule has 7 aromatic carbocycles. The van der Waals surface area contributed by atoms with E-state index in [1.807, 2.05) is 6.20 Å². The van der Waals surface area contributed by atoms with Crippen molar-refractivity contribution in [2.45, 2.75) is 25.2 Å². The third kappa shape index (κ3) is 5.27. The van der Waals surface area contributed by atoms with Gasteiger partial charge in [-0.15, -0.1) is 22.6 Å². The number of para-hydroxylation sites is 4. The van der Waals surface area contributed by atoms with Gasteiger partial charge in [-0.25, -0.2) is 4.98 Å². The molecule has 3 heterocycles. The molecule has 0 N–H and O–H groups in total. The van der Waals surface area contributed by atoms with Crippen LogP contribution in [0.4, 0.5) is 22.7 Å². The van der Waals surface area contributed by atoms with E-state index in [1.165, 1.54) is 50.3 Å². The average molecular weight is 914 g/mol. The summed E-state index contributed by atoms with van der Waals surface area (Å²) in [6.07, 6.45) is 1.94. The predicted molar refractivity (Wildman–Crippen MR) is 230 cm³/mol. The Hall–Kier alpha value is -6.22. The summed E-state index contributed by atoms with van der Waals surface area (Å²) in [7, 11) is 0. The Morgan fingerprint density at radius 2 is 1.23 bits per heavy atom. The van der Waals surface area contributed by atoms with Crippen LogP contribution in [-0.4, -0.2) is 16.2 Å². The quantitative estimate of drug-likeness (QED) is 0.155. The van der Waals surface area contributed by atoms with E-state index < -0.39 is 5.41 Å². The van der Waals surface area contributed by atoms with Crippen LogP contribution in [0.2, 0.25) is 0 Å². The first-order valence-electron chi connectivity index (χ1n) is 19.4. The van der Waals surface area contributed by atoms with Gasteiger partial charge in [0.25, 0.3) is 0 Å². The molecule has 0 saturated carbocycles. The summed E-state index contributed by atoms with van der Waals surface area (Å²) in [5.74, 6) is 1.28. The van der Waals surface area contributed by atoms with Crippen LogP contribution in [0.15, 0.2) is 176 Å². The van der Waals surface area contributed by atoms with Gasteiger partial charge in [0.15, 0.2) is 0 Å². The van der Waals surface area contributed by atoms with Gasteiger partial charge in [-0.3, -0.25) is 0 Å². The number of pyridine rings is 1. The van der Waals surface area contributed by atoms with Crippen LogP contribution in [0.3, 0.4) is 0 Å². The maximum absolute atomic E-state index is 4.97. The van der Waals surface area contributed by atoms with E-state index in [4.69, 9.17) is 4.98 Å². The second kappa shape index (κ2) is 13.8. The minimum atomic E-state index is -0.690. The monoisotopic (exact) mass is 913 g/mol. The zero-order chi connectivity index (χ0) is 37.4. The van der Waals surface area contributed by atoms with Crippen LogP contribution in [0.5, 0.6) is 0 Å². The number of nitrogens with zero attached hydrogens (tertiary/aromatic N) is 4. The van der Waals surface area contributed by atoms with Gasteiger partial charge < -0.3 is 14.4 Å². The molecule has 0 fully saturated rings. The minimum absolute atomic E-state index is 0. The molecule has 5 heteroatoms. The van der Waals surface area contributed by atoms with Gasteiger partial charge in [0.2, 0.25) is 0 Å². The van der Waals surface area contributed by atoms with Gasteiger partial charge in [0.1, 0.15) is 5.82 Å². The topological polar surface area (TPSA) is 24.3 Å². The van der Waals surface area contributed by atoms with Crippen LogP contribution in [0.1, 0.15) is 47.6 Å². The Kier molecular flexibility index (Phi) is 8.50. The molecule has 1 aliphatic heterocycles. The van der Waals surface area contributed by atoms with Crippen LogP contribution in [0, 0.1) is 12.1 Å². The van der Waals surface area contributed by atoms with Crippen molar-refractivity contribution in [1.29, 1.82) is 0 Å². The fourth-order valence-corrected chi connectivity index (χ4v) is 9.31. The van der Waals surface area contributed by atoms with Crippen LogP contribution >= 0.6 is 0 Å². The molecule has 11 rings (SSSR count). The smallest absolute Gasteiger partial charge is 0.345 e. The number of fused-ring (bicyclic) bond motifs is 7. The zero-order valence-electron chi connectivity index (χ0n) is 31.6. The van der Waals surface area contributed by atoms with E-state index in [9.17, 15) is 0 Å². The summed E-state index contributed by atoms with van der Waals surface area (Å²) in [6.45, 7) is 5.15. The van der Waals surface area contributed by atoms with Crippen LogP contribution < -0.4 is 9.80 Å². The number of benzene rings is 7. The second-order valence-corrected chi connectivity index (χ2v) is 15.2. The summed E-state index contributed by atoms with van der Waals surface area (Å²) in [4.78, 5) is 9.75. The molecule has 276 valence electrons. The van der Waals surface area contributed by atoms with Crippen molar-refractivity contribution in [3.63, 3.8) is 0 Å². The third-order valence-corrected chi connectivity index (χ3v) is 11.9. The number of hydrogen-bond donors (Lipinski definition) is 0. The molecule has 0 spiro atoms. The zero-order valence-corrected chi connectivity index (χ0v) is 33.9. The summed E-state index contributed by atoms with van der Waals surface area (Å²) in [5.41, 5.74) is 14.4. The first-order valence-corrected chi connectivity index (χ1v) is 19.4. The van der Waals surface area contributed by atoms with Gasteiger partial charge in [-0.1, -0.05) is 122 Å². The molecule has 57 heavy (non-hydrogen) atoms. The largest absolute Gasteiger partial charge is 2.00 e. The van der Waals surface area contributed by atoms with Gasteiger partial charge in [0, 0.05) is 22.8 Å². The third-order valence-electron chi connectivity index (χ3n) is 11.9. The van der Waals surface area contributed by atoms with Crippen molar-refractivity contribution in [2.24, 2.45) is 0 Å². The Labute approximate surface area is 347 Å². The molecule has 0 saturated heterocycles. The first kappa shape index (κ1) is 35.2. The van der Waals surface area contributed by atoms with E-state index in [1.54, 1.807) is 0 Å². The van der Waals surface area contributed by atoms with E-state index in [2.05, 4.69) is 210 Å². The molecule has 1 aliphatic carbocycles. The Bertz CT molecular complexity index is 2920. The SMILES string of the molecule is CC(C)c1ccnc(-n2c3[c-]c(C4(c5[c-]c(N6CN(c7ccccc7)c7ccccc76)ccc5)c5ccccc5-c5ccccc54)ccc3c3ccccc32)c1.[Pt+2]. The maximum atomic E-state index is 4.97. The molecule has 0 amide bonds. The Morgan fingerprint density at radius 3 is 1.98 bits per heavy atom. The van der Waals surface area contributed by atoms with Gasteiger partial charge in [-0.05, 0) is 81.6 Å². The fourth-order valence-electron chi connectivity index (χ4n) is 9.31. The van der Waals surface area contributed by atoms with E-state index >= 15 is 0 Å².